The lowest BCUT2D eigenvalue weighted by molar-refractivity contribution is -0.143. The fraction of sp³-hybridized carbons (Fsp3) is 0.529. The molecule has 2 bridgehead atoms. The highest BCUT2D eigenvalue weighted by Crippen LogP contribution is 2.42. The number of fused-ring (bicyclic) bond motifs is 3. The van der Waals surface area contributed by atoms with Crippen molar-refractivity contribution in [2.24, 2.45) is 0 Å². The molecule has 0 unspecified atom stereocenters. The van der Waals surface area contributed by atoms with E-state index in [1.165, 1.54) is 58.5 Å². The number of methoxy groups -OCH3 is 1. The zero-order valence-corrected chi connectivity index (χ0v) is 24.5. The lowest BCUT2D eigenvalue weighted by Crippen LogP contribution is -2.57. The number of nitrogens with one attached hydrogen (secondary N) is 1. The van der Waals surface area contributed by atoms with E-state index in [0.29, 0.717) is 29.2 Å². The second-order valence-corrected chi connectivity index (χ2v) is 12.3. The van der Waals surface area contributed by atoms with E-state index in [2.05, 4.69) is 15.2 Å². The highest BCUT2D eigenvalue weighted by Gasteiger charge is 2.42. The average Bonchev–Trinajstić information content (AvgIpc) is 2.99. The number of piperidine rings is 2. The molecule has 8 heteroatoms. The van der Waals surface area contributed by atoms with E-state index in [0.717, 1.165) is 31.2 Å². The summed E-state index contributed by atoms with van der Waals surface area (Å²) in [7, 11) is 1.28. The van der Waals surface area contributed by atoms with E-state index < -0.39 is 23.5 Å². The number of carbonyl (C=O) groups is 2. The number of nitrogens with zero attached hydrogens (tertiary/aromatic N) is 3. The van der Waals surface area contributed by atoms with Gasteiger partial charge in [0.05, 0.1) is 18.1 Å². The van der Waals surface area contributed by atoms with Gasteiger partial charge in [0.1, 0.15) is 0 Å². The van der Waals surface area contributed by atoms with Crippen molar-refractivity contribution in [1.82, 2.24) is 19.8 Å². The van der Waals surface area contributed by atoms with Gasteiger partial charge in [-0.25, -0.2) is 9.78 Å². The predicted octanol–water partition coefficient (Wildman–Crippen LogP) is 5.71. The number of rotatable bonds is 6. The molecule has 2 saturated heterocycles. The summed E-state index contributed by atoms with van der Waals surface area (Å²) in [5, 5.41) is 2.74. The normalized spacial score (nSPS) is 24.4. The van der Waals surface area contributed by atoms with Gasteiger partial charge in [0.15, 0.2) is 11.7 Å². The molecule has 3 heterocycles. The number of ether oxygens (including phenoxy) is 1. The zero-order chi connectivity index (χ0) is 29.1. The first kappa shape index (κ1) is 28.6. The van der Waals surface area contributed by atoms with Gasteiger partial charge in [-0.05, 0) is 56.2 Å². The van der Waals surface area contributed by atoms with Crippen molar-refractivity contribution in [2.75, 3.05) is 7.11 Å². The molecule has 222 valence electrons. The van der Waals surface area contributed by atoms with Crippen molar-refractivity contribution in [3.05, 3.63) is 76.2 Å². The molecule has 3 aliphatic rings. The summed E-state index contributed by atoms with van der Waals surface area (Å²) in [5.74, 6) is -1.28. The lowest BCUT2D eigenvalue weighted by atomic mass is 9.79. The Morgan fingerprint density at radius 3 is 2.12 bits per heavy atom. The van der Waals surface area contributed by atoms with Crippen LogP contribution in [0.2, 0.25) is 0 Å². The Morgan fingerprint density at radius 2 is 1.43 bits per heavy atom. The predicted molar refractivity (Wildman–Crippen MR) is 162 cm³/mol. The molecular formula is C34H42N4O4. The van der Waals surface area contributed by atoms with E-state index in [9.17, 15) is 14.4 Å². The highest BCUT2D eigenvalue weighted by atomic mass is 16.5. The molecule has 1 aliphatic carbocycles. The van der Waals surface area contributed by atoms with Gasteiger partial charge < -0.3 is 14.6 Å². The molecule has 8 nitrogen and oxygen atoms in total. The van der Waals surface area contributed by atoms with Crippen LogP contribution in [0.5, 0.6) is 0 Å². The van der Waals surface area contributed by atoms with Crippen LogP contribution >= 0.6 is 0 Å². The number of para-hydroxylation sites is 2. The first-order valence-electron chi connectivity index (χ1n) is 15.8. The quantitative estimate of drug-likeness (QED) is 0.382. The standard InChI is InChI=1S/C34H42N4O4/c1-42-34(41)30(23-13-6-5-7-14-23)36-32(39)31-33(40)38(29-20-11-10-19-28(29)35-31)27-21-25-17-12-18-26(22-27)37(25)24-15-8-3-2-4-9-16-24/h5-7,10-11,13-14,19-20,24-27,30H,2-4,8-9,12,15-18,21-22H2,1H3,(H,36,39)/t25-,26+,27+,30-/m0/s1. The molecule has 2 aromatic carbocycles. The van der Waals surface area contributed by atoms with Gasteiger partial charge in [-0.2, -0.15) is 0 Å². The maximum Gasteiger partial charge on any atom is 0.333 e. The summed E-state index contributed by atoms with van der Waals surface area (Å²) in [6.45, 7) is 0. The largest absolute Gasteiger partial charge is 0.467 e. The van der Waals surface area contributed by atoms with E-state index in [4.69, 9.17) is 4.74 Å². The highest BCUT2D eigenvalue weighted by molar-refractivity contribution is 5.96. The summed E-state index contributed by atoms with van der Waals surface area (Å²) in [6, 6.07) is 17.0. The van der Waals surface area contributed by atoms with Crippen molar-refractivity contribution >= 4 is 22.9 Å². The van der Waals surface area contributed by atoms with Crippen LogP contribution in [-0.2, 0) is 9.53 Å². The Balaban J connectivity index is 1.33. The third-order valence-corrected chi connectivity index (χ3v) is 9.72. The Labute approximate surface area is 247 Å². The smallest absolute Gasteiger partial charge is 0.333 e. The Bertz CT molecular complexity index is 1450. The molecule has 0 spiro atoms. The molecule has 0 radical (unpaired) electrons. The number of carbonyl (C=O) groups excluding carboxylic acids is 2. The fourth-order valence-electron chi connectivity index (χ4n) is 7.83. The van der Waals surface area contributed by atoms with Crippen molar-refractivity contribution < 1.29 is 14.3 Å². The Kier molecular flexibility index (Phi) is 8.70. The third-order valence-electron chi connectivity index (χ3n) is 9.72. The number of benzene rings is 2. The monoisotopic (exact) mass is 570 g/mol. The number of hydrogen-bond donors (Lipinski definition) is 1. The second kappa shape index (κ2) is 12.8. The molecule has 1 saturated carbocycles. The molecule has 1 aromatic heterocycles. The summed E-state index contributed by atoms with van der Waals surface area (Å²) in [4.78, 5) is 47.9. The molecule has 42 heavy (non-hydrogen) atoms. The van der Waals surface area contributed by atoms with Crippen LogP contribution in [0.15, 0.2) is 59.4 Å². The van der Waals surface area contributed by atoms with Crippen LogP contribution in [0.25, 0.3) is 11.0 Å². The van der Waals surface area contributed by atoms with E-state index in [1.807, 2.05) is 34.9 Å². The maximum absolute atomic E-state index is 14.2. The van der Waals surface area contributed by atoms with Crippen LogP contribution in [0.3, 0.4) is 0 Å². The van der Waals surface area contributed by atoms with E-state index in [-0.39, 0.29) is 11.7 Å². The Morgan fingerprint density at radius 1 is 0.810 bits per heavy atom. The average molecular weight is 571 g/mol. The van der Waals surface area contributed by atoms with Crippen LogP contribution < -0.4 is 10.9 Å². The van der Waals surface area contributed by atoms with Crippen LogP contribution in [-0.4, -0.2) is 51.6 Å². The molecular weight excluding hydrogens is 528 g/mol. The number of aromatic nitrogens is 2. The molecule has 1 amide bonds. The maximum atomic E-state index is 14.2. The fourth-order valence-corrected chi connectivity index (χ4v) is 7.83. The van der Waals surface area contributed by atoms with Gasteiger partial charge in [-0.3, -0.25) is 14.5 Å². The Hall–Kier alpha value is -3.52. The van der Waals surface area contributed by atoms with Crippen molar-refractivity contribution in [3.63, 3.8) is 0 Å². The molecule has 1 N–H and O–H groups in total. The van der Waals surface area contributed by atoms with Crippen molar-refractivity contribution in [2.45, 2.75) is 107 Å². The van der Waals surface area contributed by atoms with Gasteiger partial charge in [-0.1, -0.05) is 81.0 Å². The van der Waals surface area contributed by atoms with Crippen molar-refractivity contribution in [1.29, 1.82) is 0 Å². The summed E-state index contributed by atoms with van der Waals surface area (Å²) in [6.07, 6.45) is 14.6. The third kappa shape index (κ3) is 5.74. The van der Waals surface area contributed by atoms with Crippen molar-refractivity contribution in [3.8, 4) is 0 Å². The van der Waals surface area contributed by atoms with Crippen LogP contribution in [0, 0.1) is 0 Å². The molecule has 2 aliphatic heterocycles. The lowest BCUT2D eigenvalue weighted by Gasteiger charge is -2.53. The van der Waals surface area contributed by atoms with Crippen LogP contribution in [0.4, 0.5) is 0 Å². The van der Waals surface area contributed by atoms with Gasteiger partial charge >= 0.3 is 5.97 Å². The molecule has 4 atom stereocenters. The molecule has 3 aromatic rings. The molecule has 6 rings (SSSR count). The van der Waals surface area contributed by atoms with Crippen LogP contribution in [0.1, 0.15) is 105 Å². The van der Waals surface area contributed by atoms with Gasteiger partial charge in [-0.15, -0.1) is 0 Å². The summed E-state index contributed by atoms with van der Waals surface area (Å²) < 4.78 is 6.82. The van der Waals surface area contributed by atoms with E-state index in [1.54, 1.807) is 24.3 Å². The number of esters is 1. The van der Waals surface area contributed by atoms with Gasteiger partial charge in [0.25, 0.3) is 11.5 Å². The second-order valence-electron chi connectivity index (χ2n) is 12.3. The van der Waals surface area contributed by atoms with Gasteiger partial charge in [0, 0.05) is 24.2 Å². The number of hydrogen-bond acceptors (Lipinski definition) is 6. The summed E-state index contributed by atoms with van der Waals surface area (Å²) >= 11 is 0. The topological polar surface area (TPSA) is 93.5 Å². The SMILES string of the molecule is COC(=O)[C@@H](NC(=O)c1nc2ccccc2n([C@H]2C[C@H]3CCC[C@@H](C2)N3C2CCCCCCC2)c1=O)c1ccccc1. The van der Waals surface area contributed by atoms with Gasteiger partial charge in [0.2, 0.25) is 0 Å². The summed E-state index contributed by atoms with van der Waals surface area (Å²) in [5.41, 5.74) is 1.35. The minimum atomic E-state index is -1.05. The zero-order valence-electron chi connectivity index (χ0n) is 24.5. The first-order chi connectivity index (χ1) is 20.5. The minimum absolute atomic E-state index is 0.0115. The molecule has 3 fully saturated rings. The minimum Gasteiger partial charge on any atom is -0.467 e. The van der Waals surface area contributed by atoms with E-state index >= 15 is 0 Å². The first-order valence-corrected chi connectivity index (χ1v) is 15.8. The number of amides is 1.